The van der Waals surface area contributed by atoms with Gasteiger partial charge in [0.25, 0.3) is 5.56 Å². The highest BCUT2D eigenvalue weighted by Crippen LogP contribution is 2.26. The summed E-state index contributed by atoms with van der Waals surface area (Å²) in [5, 5.41) is 3.39. The monoisotopic (exact) mass is 438 g/mol. The molecule has 1 saturated heterocycles. The summed E-state index contributed by atoms with van der Waals surface area (Å²) >= 11 is 0. The van der Waals surface area contributed by atoms with E-state index in [1.54, 1.807) is 16.8 Å². The summed E-state index contributed by atoms with van der Waals surface area (Å²) in [6.07, 6.45) is 5.45. The van der Waals surface area contributed by atoms with Gasteiger partial charge in [0.2, 0.25) is 5.95 Å². The number of rotatable bonds is 6. The Morgan fingerprint density at radius 3 is 2.21 bits per heavy atom. The van der Waals surface area contributed by atoms with Gasteiger partial charge in [0, 0.05) is 43.3 Å². The zero-order valence-corrected chi connectivity index (χ0v) is 18.3. The van der Waals surface area contributed by atoms with Crippen molar-refractivity contribution < 1.29 is 4.74 Å². The number of aromatic nitrogens is 3. The van der Waals surface area contributed by atoms with E-state index in [4.69, 9.17) is 4.74 Å². The van der Waals surface area contributed by atoms with E-state index in [0.29, 0.717) is 12.0 Å². The van der Waals surface area contributed by atoms with Crippen LogP contribution in [0.2, 0.25) is 0 Å². The molecule has 4 aromatic rings. The third-order valence-corrected chi connectivity index (χ3v) is 5.96. The lowest BCUT2D eigenvalue weighted by molar-refractivity contribution is 0.0903. The van der Waals surface area contributed by atoms with E-state index in [2.05, 4.69) is 39.6 Å². The van der Waals surface area contributed by atoms with Gasteiger partial charge in [0.15, 0.2) is 0 Å². The van der Waals surface area contributed by atoms with Gasteiger partial charge in [0.1, 0.15) is 0 Å². The number of nitrogens with one attached hydrogen (secondary N) is 1. The number of benzene rings is 2. The summed E-state index contributed by atoms with van der Waals surface area (Å²) in [7, 11) is 0. The van der Waals surface area contributed by atoms with E-state index in [-0.39, 0.29) is 11.6 Å². The Bertz CT molecular complexity index is 1210. The Kier molecular flexibility index (Phi) is 6.26. The fourth-order valence-electron chi connectivity index (χ4n) is 4.26. The molecule has 2 aromatic heterocycles. The van der Waals surface area contributed by atoms with Gasteiger partial charge < -0.3 is 14.6 Å². The minimum atomic E-state index is -0.204. The molecule has 166 valence electrons. The third kappa shape index (κ3) is 4.86. The van der Waals surface area contributed by atoms with E-state index in [0.717, 1.165) is 48.4 Å². The molecule has 33 heavy (non-hydrogen) atoms. The van der Waals surface area contributed by atoms with Gasteiger partial charge >= 0.3 is 0 Å². The van der Waals surface area contributed by atoms with Crippen LogP contribution in [-0.4, -0.2) is 33.8 Å². The van der Waals surface area contributed by atoms with Crippen molar-refractivity contribution >= 4 is 5.95 Å². The van der Waals surface area contributed by atoms with Crippen LogP contribution >= 0.6 is 0 Å². The van der Waals surface area contributed by atoms with Gasteiger partial charge in [-0.15, -0.1) is 0 Å². The highest BCUT2D eigenvalue weighted by atomic mass is 16.5. The quantitative estimate of drug-likeness (QED) is 0.479. The number of hydrogen-bond donors (Lipinski definition) is 1. The first kappa shape index (κ1) is 21.1. The molecule has 2 aromatic carbocycles. The first-order chi connectivity index (χ1) is 16.3. The van der Waals surface area contributed by atoms with Gasteiger partial charge in [-0.1, -0.05) is 60.7 Å². The smallest absolute Gasteiger partial charge is 0.252 e. The zero-order chi connectivity index (χ0) is 22.5. The molecular weight excluding hydrogens is 412 g/mol. The fourth-order valence-corrected chi connectivity index (χ4v) is 4.26. The number of anilines is 1. The average molecular weight is 439 g/mol. The lowest BCUT2D eigenvalue weighted by Crippen LogP contribution is -2.28. The highest BCUT2D eigenvalue weighted by molar-refractivity contribution is 5.59. The first-order valence-corrected chi connectivity index (χ1v) is 11.3. The maximum absolute atomic E-state index is 13.3. The molecule has 0 spiro atoms. The van der Waals surface area contributed by atoms with Gasteiger partial charge in [0.05, 0.1) is 11.7 Å². The molecule has 3 heterocycles. The predicted molar refractivity (Wildman–Crippen MR) is 129 cm³/mol. The van der Waals surface area contributed by atoms with Crippen LogP contribution in [0.15, 0.2) is 96.1 Å². The minimum Gasteiger partial charge on any atom is -0.381 e. The van der Waals surface area contributed by atoms with E-state index in [9.17, 15) is 4.79 Å². The van der Waals surface area contributed by atoms with Gasteiger partial charge in [-0.2, -0.15) is 0 Å². The molecule has 1 aliphatic rings. The zero-order valence-electron chi connectivity index (χ0n) is 18.3. The van der Waals surface area contributed by atoms with Crippen molar-refractivity contribution in [3.63, 3.8) is 0 Å². The molecule has 0 aliphatic carbocycles. The van der Waals surface area contributed by atoms with Crippen molar-refractivity contribution in [2.24, 2.45) is 0 Å². The molecule has 6 heteroatoms. The normalized spacial score (nSPS) is 14.3. The number of pyridine rings is 1. The predicted octanol–water partition coefficient (Wildman–Crippen LogP) is 4.53. The van der Waals surface area contributed by atoms with Crippen molar-refractivity contribution in [1.29, 1.82) is 0 Å². The molecule has 0 amide bonds. The van der Waals surface area contributed by atoms with Crippen molar-refractivity contribution in [3.8, 4) is 11.3 Å². The molecule has 0 atom stereocenters. The largest absolute Gasteiger partial charge is 0.381 e. The number of ether oxygens (including phenoxy) is 1. The Morgan fingerprint density at radius 1 is 0.909 bits per heavy atom. The maximum atomic E-state index is 13.3. The molecule has 5 rings (SSSR count). The van der Waals surface area contributed by atoms with Crippen LogP contribution in [0.5, 0.6) is 0 Å². The Labute approximate surface area is 192 Å². The molecule has 6 nitrogen and oxygen atoms in total. The van der Waals surface area contributed by atoms with Crippen LogP contribution in [0.4, 0.5) is 5.95 Å². The second-order valence-electron chi connectivity index (χ2n) is 8.18. The summed E-state index contributed by atoms with van der Waals surface area (Å²) in [4.78, 5) is 22.3. The van der Waals surface area contributed by atoms with Crippen molar-refractivity contribution in [3.05, 3.63) is 113 Å². The molecule has 0 saturated carbocycles. The fraction of sp³-hybridized carbons (Fsp3) is 0.222. The topological polar surface area (TPSA) is 69.0 Å². The number of hydrogen-bond acceptors (Lipinski definition) is 5. The summed E-state index contributed by atoms with van der Waals surface area (Å²) < 4.78 is 7.19. The SMILES string of the molecule is O=c1cc(-c2ccnc(NC3CCOCC3)n2)ccn1C(c1ccccc1)c1ccccc1. The molecule has 1 aliphatic heterocycles. The van der Waals surface area contributed by atoms with E-state index in [1.165, 1.54) is 0 Å². The summed E-state index contributed by atoms with van der Waals surface area (Å²) in [6.45, 7) is 1.50. The van der Waals surface area contributed by atoms with Crippen LogP contribution in [0, 0.1) is 0 Å². The van der Waals surface area contributed by atoms with E-state index < -0.39 is 0 Å². The van der Waals surface area contributed by atoms with Gasteiger partial charge in [-0.05, 0) is 36.1 Å². The average Bonchev–Trinajstić information content (AvgIpc) is 2.87. The minimum absolute atomic E-state index is 0.0808. The van der Waals surface area contributed by atoms with E-state index in [1.807, 2.05) is 54.7 Å². The van der Waals surface area contributed by atoms with Crippen molar-refractivity contribution in [1.82, 2.24) is 14.5 Å². The second kappa shape index (κ2) is 9.79. The van der Waals surface area contributed by atoms with Crippen LogP contribution in [0.25, 0.3) is 11.3 Å². The maximum Gasteiger partial charge on any atom is 0.252 e. The van der Waals surface area contributed by atoms with Crippen LogP contribution in [0.1, 0.15) is 30.0 Å². The van der Waals surface area contributed by atoms with Crippen molar-refractivity contribution in [2.45, 2.75) is 24.9 Å². The molecule has 0 unspecified atom stereocenters. The molecule has 0 bridgehead atoms. The summed E-state index contributed by atoms with van der Waals surface area (Å²) in [5.74, 6) is 0.579. The molecule has 0 radical (unpaired) electrons. The Morgan fingerprint density at radius 2 is 1.58 bits per heavy atom. The van der Waals surface area contributed by atoms with Crippen LogP contribution < -0.4 is 10.9 Å². The van der Waals surface area contributed by atoms with Crippen LogP contribution in [-0.2, 0) is 4.74 Å². The Hall–Kier alpha value is -3.77. The van der Waals surface area contributed by atoms with Crippen LogP contribution in [0.3, 0.4) is 0 Å². The first-order valence-electron chi connectivity index (χ1n) is 11.3. The lowest BCUT2D eigenvalue weighted by atomic mass is 9.98. The Balaban J connectivity index is 1.46. The van der Waals surface area contributed by atoms with Gasteiger partial charge in [-0.3, -0.25) is 4.79 Å². The summed E-state index contributed by atoms with van der Waals surface area (Å²) in [5.41, 5.74) is 3.53. The van der Waals surface area contributed by atoms with Gasteiger partial charge in [-0.25, -0.2) is 9.97 Å². The molecule has 1 fully saturated rings. The second-order valence-corrected chi connectivity index (χ2v) is 8.18. The standard InChI is InChI=1S/C27H26N4O2/c32-25-19-22(24-11-15-28-27(30-24)29-23-13-17-33-18-14-23)12-16-31(25)26(20-7-3-1-4-8-20)21-9-5-2-6-10-21/h1-12,15-16,19,23,26H,13-14,17-18H2,(H,28,29,30). The van der Waals surface area contributed by atoms with Crippen molar-refractivity contribution in [2.75, 3.05) is 18.5 Å². The lowest BCUT2D eigenvalue weighted by Gasteiger charge is -2.23. The van der Waals surface area contributed by atoms with E-state index >= 15 is 0 Å². The number of nitrogens with zero attached hydrogens (tertiary/aromatic N) is 3. The summed E-state index contributed by atoms with van der Waals surface area (Å²) in [6, 6.07) is 25.7. The third-order valence-electron chi connectivity index (χ3n) is 5.96. The highest BCUT2D eigenvalue weighted by Gasteiger charge is 2.18. The molecule has 1 N–H and O–H groups in total. The molecular formula is C27H26N4O2.